The molecule has 46 heavy (non-hydrogen) atoms. The van der Waals surface area contributed by atoms with Gasteiger partial charge in [-0.15, -0.1) is 0 Å². The van der Waals surface area contributed by atoms with Crippen LogP contribution in [0.2, 0.25) is 0 Å². The quantitative estimate of drug-likeness (QED) is 0.101. The fraction of sp³-hybridized carbons (Fsp3) is 0.375. The van der Waals surface area contributed by atoms with Gasteiger partial charge in [0.25, 0.3) is 10.1 Å². The van der Waals surface area contributed by atoms with Gasteiger partial charge in [-0.1, -0.05) is 87.9 Å². The first-order valence-electron chi connectivity index (χ1n) is 16.8. The number of unbranched alkanes of at least 4 members (excludes halogenated alkanes) is 3. The zero-order valence-electron chi connectivity index (χ0n) is 27.9. The number of benzene rings is 4. The topological polar surface area (TPSA) is 60.6 Å². The van der Waals surface area contributed by atoms with Crippen molar-refractivity contribution in [2.75, 3.05) is 23.7 Å². The SMILES string of the molecule is CCCCC[N+]1=C(/C=C/C=C2/N(CCCCS(=O)(=O)O)c3ccc4ccccc4c3C2(C)C)C(C)(C)c2c1ccc1ccccc21. The van der Waals surface area contributed by atoms with Crippen LogP contribution in [0.15, 0.2) is 96.7 Å². The highest BCUT2D eigenvalue weighted by atomic mass is 32.2. The summed E-state index contributed by atoms with van der Waals surface area (Å²) in [6.07, 6.45) is 11.4. The zero-order chi connectivity index (χ0) is 32.7. The Labute approximate surface area is 274 Å². The minimum Gasteiger partial charge on any atom is -0.344 e. The summed E-state index contributed by atoms with van der Waals surface area (Å²) >= 11 is 0. The van der Waals surface area contributed by atoms with E-state index in [1.54, 1.807) is 0 Å². The molecule has 2 heterocycles. The van der Waals surface area contributed by atoms with E-state index < -0.39 is 10.1 Å². The average molecular weight is 636 g/mol. The predicted molar refractivity (Wildman–Crippen MR) is 193 cm³/mol. The van der Waals surface area contributed by atoms with Crippen LogP contribution < -0.4 is 4.90 Å². The third-order valence-corrected chi connectivity index (χ3v) is 10.8. The Bertz CT molecular complexity index is 2000. The van der Waals surface area contributed by atoms with Crippen LogP contribution in [0.1, 0.15) is 77.8 Å². The summed E-state index contributed by atoms with van der Waals surface area (Å²) in [6.45, 7) is 13.2. The van der Waals surface area contributed by atoms with E-state index in [1.807, 2.05) is 0 Å². The second kappa shape index (κ2) is 12.5. The van der Waals surface area contributed by atoms with Crippen LogP contribution in [-0.2, 0) is 20.9 Å². The highest BCUT2D eigenvalue weighted by Crippen LogP contribution is 2.51. The molecule has 0 aromatic heterocycles. The smallest absolute Gasteiger partial charge is 0.264 e. The number of anilines is 1. The van der Waals surface area contributed by atoms with Crippen LogP contribution >= 0.6 is 0 Å². The molecule has 0 unspecified atom stereocenters. The van der Waals surface area contributed by atoms with E-state index in [9.17, 15) is 13.0 Å². The summed E-state index contributed by atoms with van der Waals surface area (Å²) in [4.78, 5) is 2.36. The minimum atomic E-state index is -3.98. The van der Waals surface area contributed by atoms with Crippen LogP contribution in [0, 0.1) is 0 Å². The fourth-order valence-electron chi connectivity index (χ4n) is 7.86. The molecule has 0 saturated carbocycles. The molecule has 4 aromatic rings. The van der Waals surface area contributed by atoms with Crippen LogP contribution in [0.25, 0.3) is 21.5 Å². The monoisotopic (exact) mass is 635 g/mol. The molecule has 240 valence electrons. The molecular formula is C40H47N2O3S+. The van der Waals surface area contributed by atoms with E-state index in [1.165, 1.54) is 68.3 Å². The third kappa shape index (κ3) is 5.82. The molecule has 2 aliphatic heterocycles. The Kier molecular flexibility index (Phi) is 8.73. The summed E-state index contributed by atoms with van der Waals surface area (Å²) in [5.41, 5.74) is 7.25. The normalized spacial score (nSPS) is 18.0. The first-order chi connectivity index (χ1) is 21.9. The molecule has 0 amide bonds. The second-order valence-electron chi connectivity index (χ2n) is 13.9. The summed E-state index contributed by atoms with van der Waals surface area (Å²) in [5, 5.41) is 5.06. The van der Waals surface area contributed by atoms with Gasteiger partial charge in [-0.3, -0.25) is 4.55 Å². The van der Waals surface area contributed by atoms with E-state index in [2.05, 4.69) is 135 Å². The maximum absolute atomic E-state index is 11.4. The van der Waals surface area contributed by atoms with Gasteiger partial charge in [-0.05, 0) is 78.4 Å². The minimum absolute atomic E-state index is 0.169. The second-order valence-corrected chi connectivity index (χ2v) is 15.5. The molecule has 4 aromatic carbocycles. The molecule has 0 fully saturated rings. The van der Waals surface area contributed by atoms with Gasteiger partial charge >= 0.3 is 0 Å². The lowest BCUT2D eigenvalue weighted by Crippen LogP contribution is -2.28. The number of nitrogens with zero attached hydrogens (tertiary/aromatic N) is 2. The maximum atomic E-state index is 11.4. The van der Waals surface area contributed by atoms with E-state index in [0.717, 1.165) is 13.0 Å². The Morgan fingerprint density at radius 3 is 2.11 bits per heavy atom. The number of fused-ring (bicyclic) bond motifs is 6. The predicted octanol–water partition coefficient (Wildman–Crippen LogP) is 9.47. The van der Waals surface area contributed by atoms with Crippen molar-refractivity contribution in [3.05, 3.63) is 108 Å². The van der Waals surface area contributed by atoms with Crippen LogP contribution in [0.3, 0.4) is 0 Å². The Morgan fingerprint density at radius 1 is 0.783 bits per heavy atom. The lowest BCUT2D eigenvalue weighted by atomic mass is 9.79. The molecule has 0 bridgehead atoms. The van der Waals surface area contributed by atoms with Crippen molar-refractivity contribution in [1.82, 2.24) is 0 Å². The fourth-order valence-corrected chi connectivity index (χ4v) is 8.43. The van der Waals surface area contributed by atoms with E-state index in [4.69, 9.17) is 0 Å². The number of hydrogen-bond acceptors (Lipinski definition) is 3. The van der Waals surface area contributed by atoms with Crippen molar-refractivity contribution in [1.29, 1.82) is 0 Å². The molecule has 0 aliphatic carbocycles. The first kappa shape index (κ1) is 32.2. The molecule has 5 nitrogen and oxygen atoms in total. The summed E-state index contributed by atoms with van der Waals surface area (Å²) in [5.74, 6) is -0.218. The first-order valence-corrected chi connectivity index (χ1v) is 18.4. The third-order valence-electron chi connectivity index (χ3n) is 10.0. The van der Waals surface area contributed by atoms with E-state index >= 15 is 0 Å². The molecule has 0 spiro atoms. The molecule has 6 heteroatoms. The highest BCUT2D eigenvalue weighted by molar-refractivity contribution is 7.85. The van der Waals surface area contributed by atoms with Crippen molar-refractivity contribution in [2.24, 2.45) is 0 Å². The average Bonchev–Trinajstić information content (AvgIpc) is 3.37. The van der Waals surface area contributed by atoms with Crippen molar-refractivity contribution < 1.29 is 17.5 Å². The van der Waals surface area contributed by atoms with Gasteiger partial charge in [0.15, 0.2) is 5.71 Å². The molecular weight excluding hydrogens is 589 g/mol. The summed E-state index contributed by atoms with van der Waals surface area (Å²) in [7, 11) is -3.98. The van der Waals surface area contributed by atoms with Gasteiger partial charge in [-0.2, -0.15) is 13.0 Å². The number of hydrogen-bond donors (Lipinski definition) is 1. The standard InChI is InChI=1S/C40H46N2O3S/c1-6-7-12-26-41-33-24-22-29-16-8-10-18-31(29)37(33)39(2,3)35(41)20-15-21-36-40(4,5)38-32-19-11-9-17-30(32)23-25-34(38)42(36)27-13-14-28-46(43,44)45/h8-11,15-25H,6-7,12-14,26-28H2,1-5H3/p+1. The van der Waals surface area contributed by atoms with E-state index in [-0.39, 0.29) is 16.6 Å². The van der Waals surface area contributed by atoms with E-state index in [0.29, 0.717) is 19.4 Å². The number of allylic oxidation sites excluding steroid dienone is 4. The van der Waals surface area contributed by atoms with Gasteiger partial charge in [0.1, 0.15) is 6.54 Å². The van der Waals surface area contributed by atoms with Gasteiger partial charge < -0.3 is 4.90 Å². The number of rotatable bonds is 11. The van der Waals surface area contributed by atoms with Gasteiger partial charge in [0.2, 0.25) is 5.69 Å². The summed E-state index contributed by atoms with van der Waals surface area (Å²) < 4.78 is 34.7. The molecule has 1 N–H and O–H groups in total. The lowest BCUT2D eigenvalue weighted by Gasteiger charge is -2.27. The highest BCUT2D eigenvalue weighted by Gasteiger charge is 2.45. The lowest BCUT2D eigenvalue weighted by molar-refractivity contribution is -0.438. The molecule has 0 atom stereocenters. The van der Waals surface area contributed by atoms with Crippen LogP contribution in [0.4, 0.5) is 11.4 Å². The van der Waals surface area contributed by atoms with Crippen molar-refractivity contribution in [3.63, 3.8) is 0 Å². The van der Waals surface area contributed by atoms with Crippen molar-refractivity contribution >= 4 is 48.7 Å². The van der Waals surface area contributed by atoms with Crippen molar-refractivity contribution in [3.8, 4) is 0 Å². The zero-order valence-corrected chi connectivity index (χ0v) is 28.7. The molecule has 0 radical (unpaired) electrons. The van der Waals surface area contributed by atoms with Gasteiger partial charge in [0, 0.05) is 47.5 Å². The van der Waals surface area contributed by atoms with Crippen molar-refractivity contribution in [2.45, 2.75) is 77.6 Å². The maximum Gasteiger partial charge on any atom is 0.264 e. The van der Waals surface area contributed by atoms with Gasteiger partial charge in [0.05, 0.1) is 11.2 Å². The Balaban J connectivity index is 1.42. The van der Waals surface area contributed by atoms with Gasteiger partial charge in [-0.25, -0.2) is 0 Å². The largest absolute Gasteiger partial charge is 0.344 e. The molecule has 0 saturated heterocycles. The summed E-state index contributed by atoms with van der Waals surface area (Å²) in [6, 6.07) is 26.2. The Hall–Kier alpha value is -3.74. The van der Waals surface area contributed by atoms with Crippen LogP contribution in [0.5, 0.6) is 0 Å². The Morgan fingerprint density at radius 2 is 1.43 bits per heavy atom. The molecule has 2 aliphatic rings. The molecule has 6 rings (SSSR count). The van der Waals surface area contributed by atoms with Crippen LogP contribution in [-0.4, -0.2) is 42.1 Å².